The topological polar surface area (TPSA) is 64.3 Å². The summed E-state index contributed by atoms with van der Waals surface area (Å²) in [5.41, 5.74) is 5.86. The second-order valence-electron chi connectivity index (χ2n) is 3.71. The summed E-state index contributed by atoms with van der Waals surface area (Å²) in [6.45, 7) is 0.877. The summed E-state index contributed by atoms with van der Waals surface area (Å²) >= 11 is 0. The van der Waals surface area contributed by atoms with Crippen molar-refractivity contribution < 1.29 is 13.9 Å². The van der Waals surface area contributed by atoms with Crippen LogP contribution in [0.4, 0.5) is 4.39 Å². The van der Waals surface area contributed by atoms with Crippen LogP contribution in [0.25, 0.3) is 0 Å². The molecule has 0 bridgehead atoms. The van der Waals surface area contributed by atoms with Gasteiger partial charge in [-0.3, -0.25) is 4.79 Å². The zero-order valence-electron chi connectivity index (χ0n) is 9.78. The first kappa shape index (κ1) is 13.6. The minimum Gasteiger partial charge on any atom is -0.383 e. The summed E-state index contributed by atoms with van der Waals surface area (Å²) in [7, 11) is 1.56. The quantitative estimate of drug-likeness (QED) is 0.777. The lowest BCUT2D eigenvalue weighted by atomic mass is 10.1. The van der Waals surface area contributed by atoms with Crippen molar-refractivity contribution in [1.29, 1.82) is 0 Å². The van der Waals surface area contributed by atoms with Crippen LogP contribution in [0.3, 0.4) is 0 Å². The molecule has 1 aromatic rings. The monoisotopic (exact) mass is 240 g/mol. The molecular weight excluding hydrogens is 223 g/mol. The minimum absolute atomic E-state index is 0.123. The summed E-state index contributed by atoms with van der Waals surface area (Å²) in [5.74, 6) is -0.613. The summed E-state index contributed by atoms with van der Waals surface area (Å²) < 4.78 is 17.7. The number of hydrogen-bond acceptors (Lipinski definition) is 3. The number of amides is 1. The predicted molar refractivity (Wildman–Crippen MR) is 63.2 cm³/mol. The molecule has 0 fully saturated rings. The van der Waals surface area contributed by atoms with Gasteiger partial charge in [0.2, 0.25) is 0 Å². The molecule has 1 aromatic carbocycles. The average molecular weight is 240 g/mol. The molecule has 1 rings (SSSR count). The fourth-order valence-corrected chi connectivity index (χ4v) is 1.47. The third kappa shape index (κ3) is 4.50. The third-order valence-corrected chi connectivity index (χ3v) is 2.32. The van der Waals surface area contributed by atoms with Gasteiger partial charge in [0.15, 0.2) is 0 Å². The molecule has 5 heteroatoms. The van der Waals surface area contributed by atoms with Gasteiger partial charge < -0.3 is 15.8 Å². The van der Waals surface area contributed by atoms with E-state index in [1.165, 1.54) is 24.3 Å². The lowest BCUT2D eigenvalue weighted by Gasteiger charge is -2.16. The normalized spacial score (nSPS) is 12.2. The lowest BCUT2D eigenvalue weighted by molar-refractivity contribution is 0.0893. The zero-order valence-corrected chi connectivity index (χ0v) is 9.78. The number of benzene rings is 1. The van der Waals surface area contributed by atoms with Crippen molar-refractivity contribution in [2.24, 2.45) is 5.73 Å². The SMILES string of the molecule is COCC(CCN)NC(=O)c1ccc(F)cc1. The van der Waals surface area contributed by atoms with Gasteiger partial charge in [0, 0.05) is 12.7 Å². The van der Waals surface area contributed by atoms with Gasteiger partial charge in [0.25, 0.3) is 5.91 Å². The van der Waals surface area contributed by atoms with Gasteiger partial charge in [-0.25, -0.2) is 4.39 Å². The molecule has 0 saturated carbocycles. The van der Waals surface area contributed by atoms with E-state index in [0.29, 0.717) is 25.1 Å². The lowest BCUT2D eigenvalue weighted by Crippen LogP contribution is -2.39. The van der Waals surface area contributed by atoms with Crippen LogP contribution in [-0.4, -0.2) is 32.2 Å². The molecule has 0 aliphatic carbocycles. The number of carbonyl (C=O) groups is 1. The number of carbonyl (C=O) groups excluding carboxylic acids is 1. The Labute approximate surface area is 100.0 Å². The Bertz CT molecular complexity index is 348. The summed E-state index contributed by atoms with van der Waals surface area (Å²) in [6.07, 6.45) is 0.640. The van der Waals surface area contributed by atoms with Crippen molar-refractivity contribution in [3.63, 3.8) is 0 Å². The standard InChI is InChI=1S/C12H17FN2O2/c1-17-8-11(6-7-14)15-12(16)9-2-4-10(13)5-3-9/h2-5,11H,6-8,14H2,1H3,(H,15,16). The van der Waals surface area contributed by atoms with Crippen LogP contribution in [0.1, 0.15) is 16.8 Å². The first-order valence-corrected chi connectivity index (χ1v) is 5.42. The number of ether oxygens (including phenoxy) is 1. The Hall–Kier alpha value is -1.46. The maximum atomic E-state index is 12.7. The van der Waals surface area contributed by atoms with Crippen molar-refractivity contribution in [2.75, 3.05) is 20.3 Å². The first-order valence-electron chi connectivity index (χ1n) is 5.42. The highest BCUT2D eigenvalue weighted by Crippen LogP contribution is 2.03. The van der Waals surface area contributed by atoms with Gasteiger partial charge in [-0.05, 0) is 37.2 Å². The fourth-order valence-electron chi connectivity index (χ4n) is 1.47. The zero-order chi connectivity index (χ0) is 12.7. The molecule has 0 saturated heterocycles. The summed E-state index contributed by atoms with van der Waals surface area (Å²) in [4.78, 5) is 11.8. The largest absolute Gasteiger partial charge is 0.383 e. The minimum atomic E-state index is -0.364. The first-order chi connectivity index (χ1) is 8.17. The number of nitrogens with one attached hydrogen (secondary N) is 1. The van der Waals surface area contributed by atoms with Crippen LogP contribution in [0.15, 0.2) is 24.3 Å². The molecule has 0 radical (unpaired) electrons. The number of methoxy groups -OCH3 is 1. The summed E-state index contributed by atoms with van der Waals surface area (Å²) in [6, 6.07) is 5.27. The summed E-state index contributed by atoms with van der Waals surface area (Å²) in [5, 5.41) is 2.79. The van der Waals surface area contributed by atoms with Crippen LogP contribution in [0.2, 0.25) is 0 Å². The molecule has 17 heavy (non-hydrogen) atoms. The highest BCUT2D eigenvalue weighted by molar-refractivity contribution is 5.94. The van der Waals surface area contributed by atoms with E-state index < -0.39 is 0 Å². The molecule has 94 valence electrons. The maximum absolute atomic E-state index is 12.7. The Morgan fingerprint density at radius 2 is 2.12 bits per heavy atom. The highest BCUT2D eigenvalue weighted by Gasteiger charge is 2.12. The van der Waals surface area contributed by atoms with Crippen LogP contribution in [0, 0.1) is 5.82 Å². The van der Waals surface area contributed by atoms with Gasteiger partial charge in [0.1, 0.15) is 5.82 Å². The van der Waals surface area contributed by atoms with E-state index in [9.17, 15) is 9.18 Å². The van der Waals surface area contributed by atoms with Crippen molar-refractivity contribution >= 4 is 5.91 Å². The van der Waals surface area contributed by atoms with Gasteiger partial charge in [-0.2, -0.15) is 0 Å². The Kier molecular flexibility index (Phi) is 5.59. The molecule has 4 nitrogen and oxygen atoms in total. The molecule has 1 unspecified atom stereocenters. The fraction of sp³-hybridized carbons (Fsp3) is 0.417. The predicted octanol–water partition coefficient (Wildman–Crippen LogP) is 0.919. The number of halogens is 1. The Morgan fingerprint density at radius 3 is 2.65 bits per heavy atom. The second kappa shape index (κ2) is 6.98. The number of hydrogen-bond donors (Lipinski definition) is 2. The molecule has 0 aliphatic heterocycles. The van der Waals surface area contributed by atoms with Crippen LogP contribution < -0.4 is 11.1 Å². The number of nitrogens with two attached hydrogens (primary N) is 1. The smallest absolute Gasteiger partial charge is 0.251 e. The van der Waals surface area contributed by atoms with Crippen molar-refractivity contribution in [2.45, 2.75) is 12.5 Å². The molecule has 3 N–H and O–H groups in total. The molecule has 0 aromatic heterocycles. The van der Waals surface area contributed by atoms with Gasteiger partial charge >= 0.3 is 0 Å². The van der Waals surface area contributed by atoms with E-state index in [4.69, 9.17) is 10.5 Å². The molecule has 0 spiro atoms. The van der Waals surface area contributed by atoms with Crippen LogP contribution >= 0.6 is 0 Å². The van der Waals surface area contributed by atoms with Crippen molar-refractivity contribution in [1.82, 2.24) is 5.32 Å². The van der Waals surface area contributed by atoms with Crippen molar-refractivity contribution in [3.8, 4) is 0 Å². The number of rotatable bonds is 6. The molecule has 1 atom stereocenters. The van der Waals surface area contributed by atoms with Gasteiger partial charge in [0.05, 0.1) is 12.6 Å². The van der Waals surface area contributed by atoms with Gasteiger partial charge in [-0.1, -0.05) is 0 Å². The highest BCUT2D eigenvalue weighted by atomic mass is 19.1. The third-order valence-electron chi connectivity index (χ3n) is 2.32. The van der Waals surface area contributed by atoms with E-state index in [0.717, 1.165) is 0 Å². The average Bonchev–Trinajstić information content (AvgIpc) is 2.30. The van der Waals surface area contributed by atoms with Crippen LogP contribution in [0.5, 0.6) is 0 Å². The molecule has 0 heterocycles. The van der Waals surface area contributed by atoms with E-state index in [-0.39, 0.29) is 17.8 Å². The molecule has 1 amide bonds. The van der Waals surface area contributed by atoms with E-state index in [1.54, 1.807) is 7.11 Å². The Balaban J connectivity index is 2.60. The molecule has 0 aliphatic rings. The van der Waals surface area contributed by atoms with E-state index >= 15 is 0 Å². The second-order valence-corrected chi connectivity index (χ2v) is 3.71. The van der Waals surface area contributed by atoms with E-state index in [1.807, 2.05) is 0 Å². The van der Waals surface area contributed by atoms with E-state index in [2.05, 4.69) is 5.32 Å². The van der Waals surface area contributed by atoms with Crippen molar-refractivity contribution in [3.05, 3.63) is 35.6 Å². The maximum Gasteiger partial charge on any atom is 0.251 e. The Morgan fingerprint density at radius 1 is 1.47 bits per heavy atom. The van der Waals surface area contributed by atoms with Gasteiger partial charge in [-0.15, -0.1) is 0 Å². The molecular formula is C12H17FN2O2. The van der Waals surface area contributed by atoms with Crippen LogP contribution in [-0.2, 0) is 4.74 Å².